The molecule has 0 radical (unpaired) electrons. The number of carbonyl (C=O) groups is 1. The molecule has 0 saturated heterocycles. The number of anilines is 1. The van der Waals surface area contributed by atoms with Crippen LogP contribution in [0.1, 0.15) is 32.4 Å². The van der Waals surface area contributed by atoms with Crippen molar-refractivity contribution < 1.29 is 14.6 Å². The topological polar surface area (TPSA) is 70.6 Å². The van der Waals surface area contributed by atoms with Crippen molar-refractivity contribution in [2.45, 2.75) is 26.9 Å². The average Bonchev–Trinajstić information content (AvgIpc) is 2.38. The summed E-state index contributed by atoms with van der Waals surface area (Å²) in [6.07, 6.45) is -0.552. The number of nitrogens with one attached hydrogen (secondary N) is 2. The van der Waals surface area contributed by atoms with E-state index in [4.69, 9.17) is 4.74 Å². The first-order valence-electron chi connectivity index (χ1n) is 6.89. The van der Waals surface area contributed by atoms with Gasteiger partial charge < -0.3 is 20.5 Å². The molecule has 0 bridgehead atoms. The molecule has 112 valence electrons. The summed E-state index contributed by atoms with van der Waals surface area (Å²) in [6, 6.07) is 6.86. The Morgan fingerprint density at radius 1 is 1.35 bits per heavy atom. The summed E-state index contributed by atoms with van der Waals surface area (Å²) in [5.41, 5.74) is 1.42. The highest BCUT2D eigenvalue weighted by molar-refractivity contribution is 5.89. The molecule has 0 fully saturated rings. The summed E-state index contributed by atoms with van der Waals surface area (Å²) in [7, 11) is 0. The van der Waals surface area contributed by atoms with Gasteiger partial charge in [0.25, 0.3) is 0 Å². The van der Waals surface area contributed by atoms with Crippen LogP contribution in [0.4, 0.5) is 10.5 Å². The molecule has 0 spiro atoms. The lowest BCUT2D eigenvalue weighted by Gasteiger charge is -2.11. The van der Waals surface area contributed by atoms with E-state index in [0.29, 0.717) is 31.4 Å². The van der Waals surface area contributed by atoms with Crippen molar-refractivity contribution in [3.8, 4) is 0 Å². The van der Waals surface area contributed by atoms with Crippen LogP contribution < -0.4 is 10.6 Å². The molecule has 0 aromatic heterocycles. The maximum absolute atomic E-state index is 11.7. The Bertz CT molecular complexity index is 419. The van der Waals surface area contributed by atoms with E-state index in [2.05, 4.69) is 24.5 Å². The van der Waals surface area contributed by atoms with E-state index in [1.807, 2.05) is 6.07 Å². The van der Waals surface area contributed by atoms with E-state index in [0.717, 1.165) is 5.56 Å². The van der Waals surface area contributed by atoms with E-state index < -0.39 is 6.10 Å². The van der Waals surface area contributed by atoms with Crippen LogP contribution in [0.3, 0.4) is 0 Å². The van der Waals surface area contributed by atoms with Crippen LogP contribution in [-0.4, -0.2) is 30.9 Å². The van der Waals surface area contributed by atoms with Crippen LogP contribution in [-0.2, 0) is 4.74 Å². The number of benzene rings is 1. The molecule has 3 N–H and O–H groups in total. The summed E-state index contributed by atoms with van der Waals surface area (Å²) < 4.78 is 5.37. The molecular formula is C15H24N2O3. The molecule has 0 aliphatic rings. The summed E-state index contributed by atoms with van der Waals surface area (Å²) in [5, 5.41) is 14.9. The zero-order valence-corrected chi connectivity index (χ0v) is 12.3. The van der Waals surface area contributed by atoms with Gasteiger partial charge in [0.05, 0.1) is 12.7 Å². The Kier molecular flexibility index (Phi) is 7.04. The van der Waals surface area contributed by atoms with Crippen LogP contribution in [0, 0.1) is 5.92 Å². The first kappa shape index (κ1) is 16.5. The monoisotopic (exact) mass is 280 g/mol. The smallest absolute Gasteiger partial charge is 0.319 e. The van der Waals surface area contributed by atoms with E-state index in [9.17, 15) is 9.90 Å². The standard InChI is InChI=1S/C15H24N2O3/c1-11(2)10-20-8-7-16-15(19)17-14-6-4-5-13(9-14)12(3)18/h4-6,9,11-12,18H,7-8,10H2,1-3H3,(H2,16,17,19). The Labute approximate surface area is 120 Å². The number of hydrogen-bond donors (Lipinski definition) is 3. The maximum Gasteiger partial charge on any atom is 0.319 e. The molecule has 1 rings (SSSR count). The number of ether oxygens (including phenoxy) is 1. The molecule has 5 nitrogen and oxygen atoms in total. The fourth-order valence-corrected chi connectivity index (χ4v) is 1.61. The highest BCUT2D eigenvalue weighted by atomic mass is 16.5. The van der Waals surface area contributed by atoms with E-state index in [1.165, 1.54) is 0 Å². The number of aliphatic hydroxyl groups is 1. The molecule has 5 heteroatoms. The summed E-state index contributed by atoms with van der Waals surface area (Å²) in [4.78, 5) is 11.7. The first-order valence-corrected chi connectivity index (χ1v) is 6.89. The largest absolute Gasteiger partial charge is 0.389 e. The van der Waals surface area contributed by atoms with Gasteiger partial charge in [0.15, 0.2) is 0 Å². The molecule has 0 aliphatic carbocycles. The maximum atomic E-state index is 11.7. The van der Waals surface area contributed by atoms with Crippen LogP contribution in [0.15, 0.2) is 24.3 Å². The minimum absolute atomic E-state index is 0.277. The van der Waals surface area contributed by atoms with E-state index >= 15 is 0 Å². The second kappa shape index (κ2) is 8.55. The van der Waals surface area contributed by atoms with Gasteiger partial charge >= 0.3 is 6.03 Å². The van der Waals surface area contributed by atoms with Crippen molar-refractivity contribution in [2.75, 3.05) is 25.1 Å². The molecule has 2 amide bonds. The minimum Gasteiger partial charge on any atom is -0.389 e. The van der Waals surface area contributed by atoms with Crippen molar-refractivity contribution >= 4 is 11.7 Å². The number of urea groups is 1. The predicted octanol–water partition coefficient (Wildman–Crippen LogP) is 2.53. The second-order valence-electron chi connectivity index (χ2n) is 5.15. The van der Waals surface area contributed by atoms with Gasteiger partial charge in [-0.05, 0) is 30.5 Å². The van der Waals surface area contributed by atoms with Crippen molar-refractivity contribution in [2.24, 2.45) is 5.92 Å². The van der Waals surface area contributed by atoms with Crippen molar-refractivity contribution in [1.82, 2.24) is 5.32 Å². The van der Waals surface area contributed by atoms with Gasteiger partial charge in [-0.2, -0.15) is 0 Å². The quantitative estimate of drug-likeness (QED) is 0.672. The average molecular weight is 280 g/mol. The van der Waals surface area contributed by atoms with Gasteiger partial charge in [-0.1, -0.05) is 26.0 Å². The van der Waals surface area contributed by atoms with Crippen LogP contribution in [0.2, 0.25) is 0 Å². The predicted molar refractivity (Wildman–Crippen MR) is 79.8 cm³/mol. The highest BCUT2D eigenvalue weighted by Gasteiger charge is 2.04. The van der Waals surface area contributed by atoms with Gasteiger partial charge in [-0.25, -0.2) is 4.79 Å². The Morgan fingerprint density at radius 3 is 2.75 bits per heavy atom. The second-order valence-corrected chi connectivity index (χ2v) is 5.15. The number of amides is 2. The Hall–Kier alpha value is -1.59. The lowest BCUT2D eigenvalue weighted by atomic mass is 10.1. The van der Waals surface area contributed by atoms with Crippen LogP contribution in [0.25, 0.3) is 0 Å². The number of carbonyl (C=O) groups excluding carboxylic acids is 1. The van der Waals surface area contributed by atoms with Crippen molar-refractivity contribution in [3.05, 3.63) is 29.8 Å². The third kappa shape index (κ3) is 6.54. The summed E-state index contributed by atoms with van der Waals surface area (Å²) >= 11 is 0. The number of aliphatic hydroxyl groups excluding tert-OH is 1. The Morgan fingerprint density at radius 2 is 2.10 bits per heavy atom. The normalized spacial score (nSPS) is 12.2. The van der Waals surface area contributed by atoms with Gasteiger partial charge in [-0.15, -0.1) is 0 Å². The lowest BCUT2D eigenvalue weighted by molar-refractivity contribution is 0.113. The third-order valence-corrected chi connectivity index (χ3v) is 2.61. The molecular weight excluding hydrogens is 256 g/mol. The van der Waals surface area contributed by atoms with Crippen molar-refractivity contribution in [3.63, 3.8) is 0 Å². The van der Waals surface area contributed by atoms with Crippen LogP contribution in [0.5, 0.6) is 0 Å². The van der Waals surface area contributed by atoms with E-state index in [1.54, 1.807) is 25.1 Å². The summed E-state index contributed by atoms with van der Waals surface area (Å²) in [5.74, 6) is 0.493. The van der Waals surface area contributed by atoms with Gasteiger partial charge in [0, 0.05) is 18.8 Å². The van der Waals surface area contributed by atoms with E-state index in [-0.39, 0.29) is 6.03 Å². The zero-order chi connectivity index (χ0) is 15.0. The van der Waals surface area contributed by atoms with Crippen LogP contribution >= 0.6 is 0 Å². The summed E-state index contributed by atoms with van der Waals surface area (Å²) in [6.45, 7) is 7.50. The molecule has 1 unspecified atom stereocenters. The molecule has 1 aromatic carbocycles. The third-order valence-electron chi connectivity index (χ3n) is 2.61. The number of hydrogen-bond acceptors (Lipinski definition) is 3. The number of rotatable bonds is 7. The molecule has 20 heavy (non-hydrogen) atoms. The molecule has 1 aromatic rings. The van der Waals surface area contributed by atoms with Gasteiger partial charge in [0.2, 0.25) is 0 Å². The molecule has 0 heterocycles. The first-order chi connectivity index (χ1) is 9.49. The van der Waals surface area contributed by atoms with Gasteiger partial charge in [-0.3, -0.25) is 0 Å². The fourth-order valence-electron chi connectivity index (χ4n) is 1.61. The SMILES string of the molecule is CC(C)COCCNC(=O)Nc1cccc(C(C)O)c1. The minimum atomic E-state index is -0.552. The highest BCUT2D eigenvalue weighted by Crippen LogP contribution is 2.16. The van der Waals surface area contributed by atoms with Gasteiger partial charge in [0.1, 0.15) is 0 Å². The fraction of sp³-hybridized carbons (Fsp3) is 0.533. The Balaban J connectivity index is 2.30. The molecule has 0 saturated carbocycles. The molecule has 0 aliphatic heterocycles. The zero-order valence-electron chi connectivity index (χ0n) is 12.3. The molecule has 1 atom stereocenters. The van der Waals surface area contributed by atoms with Crippen molar-refractivity contribution in [1.29, 1.82) is 0 Å². The lowest BCUT2D eigenvalue weighted by Crippen LogP contribution is -2.31.